The maximum absolute atomic E-state index is 11.8. The molecule has 0 fully saturated rings. The zero-order chi connectivity index (χ0) is 15.4. The lowest BCUT2D eigenvalue weighted by molar-refractivity contribution is -0.629. The van der Waals surface area contributed by atoms with Crippen LogP contribution in [0.3, 0.4) is 0 Å². The third-order valence-electron chi connectivity index (χ3n) is 3.37. The number of carbonyl (C=O) groups excluding carboxylic acids is 1. The lowest BCUT2D eigenvalue weighted by Crippen LogP contribution is -3.00. The molecule has 23 heavy (non-hydrogen) atoms. The molecule has 2 aromatic carbocycles. The van der Waals surface area contributed by atoms with Crippen molar-refractivity contribution in [1.82, 2.24) is 0 Å². The summed E-state index contributed by atoms with van der Waals surface area (Å²) >= 11 is 0. The van der Waals surface area contributed by atoms with Crippen molar-refractivity contribution in [2.45, 2.75) is 6.92 Å². The van der Waals surface area contributed by atoms with Crippen LogP contribution in [0.4, 0.5) is 4.79 Å². The second-order valence-electron chi connectivity index (χ2n) is 4.86. The Balaban J connectivity index is 0.00000192. The van der Waals surface area contributed by atoms with E-state index in [0.29, 0.717) is 6.61 Å². The number of ether oxygens (including phenoxy) is 1. The summed E-state index contributed by atoms with van der Waals surface area (Å²) < 4.78 is 6.68. The first-order valence-corrected chi connectivity index (χ1v) is 7.21. The number of hydrogen-bond acceptors (Lipinski definition) is 2. The van der Waals surface area contributed by atoms with Gasteiger partial charge in [-0.1, -0.05) is 46.5 Å². The van der Waals surface area contributed by atoms with Gasteiger partial charge in [0, 0.05) is 17.0 Å². The Hall–Kier alpha value is -2.59. The van der Waals surface area contributed by atoms with Crippen molar-refractivity contribution in [3.05, 3.63) is 66.9 Å². The third kappa shape index (κ3) is 3.79. The van der Waals surface area contributed by atoms with Gasteiger partial charge in [-0.15, -0.1) is 0 Å². The number of nitrogens with one attached hydrogen (secondary N) is 1. The molecule has 0 saturated carbocycles. The molecule has 4 nitrogen and oxygen atoms in total. The largest absolute Gasteiger partial charge is 1.00 e. The number of amides is 1. The van der Waals surface area contributed by atoms with Gasteiger partial charge >= 0.3 is 6.09 Å². The number of carbonyl (C=O) groups is 1. The summed E-state index contributed by atoms with van der Waals surface area (Å²) in [5.74, 6) is 0. The van der Waals surface area contributed by atoms with E-state index in [1.165, 1.54) is 0 Å². The molecule has 1 aromatic heterocycles. The Morgan fingerprint density at radius 3 is 2.39 bits per heavy atom. The van der Waals surface area contributed by atoms with E-state index in [1.54, 1.807) is 11.6 Å². The van der Waals surface area contributed by atoms with Crippen LogP contribution in [0, 0.1) is 0 Å². The highest BCUT2D eigenvalue weighted by atomic mass is 35.5. The molecule has 0 bridgehead atoms. The fourth-order valence-electron chi connectivity index (χ4n) is 2.37. The number of halogens is 1. The summed E-state index contributed by atoms with van der Waals surface area (Å²) in [6.45, 7) is 2.11. The number of hydrogen-bond donors (Lipinski definition) is 1. The van der Waals surface area contributed by atoms with Gasteiger partial charge in [-0.05, 0) is 30.5 Å². The monoisotopic (exact) mass is 328 g/mol. The van der Waals surface area contributed by atoms with Gasteiger partial charge in [0.2, 0.25) is 11.9 Å². The Kier molecular flexibility index (Phi) is 5.55. The number of pyridine rings is 1. The first-order valence-electron chi connectivity index (χ1n) is 7.21. The van der Waals surface area contributed by atoms with Crippen LogP contribution in [0.5, 0.6) is 0 Å². The lowest BCUT2D eigenvalue weighted by Gasteiger charge is -2.06. The van der Waals surface area contributed by atoms with Crippen LogP contribution in [-0.4, -0.2) is 12.7 Å². The summed E-state index contributed by atoms with van der Waals surface area (Å²) in [7, 11) is 0. The molecule has 0 radical (unpaired) electrons. The smallest absolute Gasteiger partial charge is 0.461 e. The maximum Gasteiger partial charge on any atom is 0.461 e. The molecule has 118 valence electrons. The summed E-state index contributed by atoms with van der Waals surface area (Å²) in [5.41, 5.74) is 4.67. The van der Waals surface area contributed by atoms with Crippen molar-refractivity contribution in [3.63, 3.8) is 0 Å². The highest BCUT2D eigenvalue weighted by molar-refractivity contribution is 5.84. The van der Waals surface area contributed by atoms with E-state index in [9.17, 15) is 4.79 Å². The van der Waals surface area contributed by atoms with Crippen LogP contribution in [0.2, 0.25) is 0 Å². The van der Waals surface area contributed by atoms with Gasteiger partial charge in [0.1, 0.15) is 0 Å². The van der Waals surface area contributed by atoms with Gasteiger partial charge in [-0.3, -0.25) is 0 Å². The van der Waals surface area contributed by atoms with Gasteiger partial charge in [-0.25, -0.2) is 4.79 Å². The molecule has 0 aliphatic carbocycles. The molecule has 0 spiro atoms. The van der Waals surface area contributed by atoms with E-state index in [1.807, 2.05) is 54.7 Å². The standard InChI is InChI=1S/C18H16N2O2.ClH/c1-2-22-18(21)19-20-13-16-11-7-6-10-15(16)12-17(20)14-8-4-3-5-9-14;/h3-13H,2H2,1H3;1H. The normalized spacial score (nSPS) is 9.96. The predicted molar refractivity (Wildman–Crippen MR) is 86.0 cm³/mol. The molecule has 1 N–H and O–H groups in total. The maximum atomic E-state index is 11.8. The van der Waals surface area contributed by atoms with Gasteiger partial charge in [-0.2, -0.15) is 0 Å². The molecule has 0 aliphatic rings. The van der Waals surface area contributed by atoms with E-state index >= 15 is 0 Å². The number of benzene rings is 2. The van der Waals surface area contributed by atoms with E-state index in [-0.39, 0.29) is 12.4 Å². The van der Waals surface area contributed by atoms with Gasteiger partial charge in [0.05, 0.1) is 6.61 Å². The third-order valence-corrected chi connectivity index (χ3v) is 3.37. The number of aromatic nitrogens is 1. The van der Waals surface area contributed by atoms with Crippen LogP contribution >= 0.6 is 0 Å². The highest BCUT2D eigenvalue weighted by Gasteiger charge is 2.18. The minimum atomic E-state index is -0.472. The SMILES string of the molecule is CCOC(=O)N[n+]1cc2ccccc2cc1-c1ccccc1.[Cl-]. The van der Waals surface area contributed by atoms with Crippen LogP contribution in [0.25, 0.3) is 22.0 Å². The molecule has 0 saturated heterocycles. The number of fused-ring (bicyclic) bond motifs is 1. The first kappa shape index (κ1) is 16.8. The Morgan fingerprint density at radius 1 is 1.04 bits per heavy atom. The van der Waals surface area contributed by atoms with Crippen molar-refractivity contribution in [3.8, 4) is 11.3 Å². The fraction of sp³-hybridized carbons (Fsp3) is 0.111. The molecule has 0 unspecified atom stereocenters. The van der Waals surface area contributed by atoms with Crippen molar-refractivity contribution < 1.29 is 26.6 Å². The second kappa shape index (κ2) is 7.61. The Bertz CT molecular complexity index is 806. The van der Waals surface area contributed by atoms with Gasteiger partial charge < -0.3 is 17.1 Å². The summed E-state index contributed by atoms with van der Waals surface area (Å²) in [4.78, 5) is 11.8. The molecule has 1 heterocycles. The average molecular weight is 329 g/mol. The Labute approximate surface area is 141 Å². The molecule has 1 amide bonds. The lowest BCUT2D eigenvalue weighted by atomic mass is 10.1. The predicted octanol–water partition coefficient (Wildman–Crippen LogP) is 0.498. The summed E-state index contributed by atoms with van der Waals surface area (Å²) in [6, 6.07) is 20.0. The minimum Gasteiger partial charge on any atom is -1.00 e. The molecular weight excluding hydrogens is 312 g/mol. The molecule has 0 atom stereocenters. The van der Waals surface area contributed by atoms with Crippen molar-refractivity contribution in [2.24, 2.45) is 0 Å². The van der Waals surface area contributed by atoms with Crippen molar-refractivity contribution >= 4 is 16.9 Å². The quantitative estimate of drug-likeness (QED) is 0.711. The van der Waals surface area contributed by atoms with Crippen LogP contribution < -0.4 is 22.5 Å². The van der Waals surface area contributed by atoms with Crippen molar-refractivity contribution in [1.29, 1.82) is 0 Å². The van der Waals surface area contributed by atoms with Crippen LogP contribution in [-0.2, 0) is 4.74 Å². The Morgan fingerprint density at radius 2 is 1.70 bits per heavy atom. The average Bonchev–Trinajstić information content (AvgIpc) is 2.55. The fourth-order valence-corrected chi connectivity index (χ4v) is 2.37. The van der Waals surface area contributed by atoms with E-state index in [4.69, 9.17) is 4.74 Å². The van der Waals surface area contributed by atoms with E-state index < -0.39 is 6.09 Å². The summed E-state index contributed by atoms with van der Waals surface area (Å²) in [5, 5.41) is 2.15. The number of rotatable bonds is 3. The molecule has 0 aliphatic heterocycles. The topological polar surface area (TPSA) is 42.2 Å². The van der Waals surface area contributed by atoms with Crippen LogP contribution in [0.1, 0.15) is 6.92 Å². The summed E-state index contributed by atoms with van der Waals surface area (Å²) in [6.07, 6.45) is 1.43. The van der Waals surface area contributed by atoms with Gasteiger partial charge in [0.25, 0.3) is 0 Å². The molecule has 3 aromatic rings. The number of nitrogens with zero attached hydrogens (tertiary/aromatic N) is 1. The van der Waals surface area contributed by atoms with Crippen LogP contribution in [0.15, 0.2) is 66.9 Å². The second-order valence-corrected chi connectivity index (χ2v) is 4.86. The minimum absolute atomic E-state index is 0. The first-order chi connectivity index (χ1) is 10.8. The van der Waals surface area contributed by atoms with E-state index in [2.05, 4.69) is 17.6 Å². The zero-order valence-corrected chi connectivity index (χ0v) is 13.5. The molecular formula is C18H17ClN2O2. The molecule has 3 rings (SSSR count). The van der Waals surface area contributed by atoms with E-state index in [0.717, 1.165) is 22.0 Å². The zero-order valence-electron chi connectivity index (χ0n) is 12.7. The highest BCUT2D eigenvalue weighted by Crippen LogP contribution is 2.20. The molecule has 5 heteroatoms. The van der Waals surface area contributed by atoms with Crippen molar-refractivity contribution in [2.75, 3.05) is 12.0 Å². The van der Waals surface area contributed by atoms with Gasteiger partial charge in [0.15, 0.2) is 0 Å².